The molecular formula is C13H15F3N2OS. The summed E-state index contributed by atoms with van der Waals surface area (Å²) >= 11 is 0.641. The second-order valence-electron chi connectivity index (χ2n) is 4.21. The summed E-state index contributed by atoms with van der Waals surface area (Å²) in [5.74, 6) is 1.42. The minimum atomic E-state index is -4.41. The molecule has 110 valence electrons. The van der Waals surface area contributed by atoms with Crippen LogP contribution in [0.3, 0.4) is 0 Å². The van der Waals surface area contributed by atoms with Crippen LogP contribution in [0.15, 0.2) is 22.7 Å². The molecule has 3 nitrogen and oxygen atoms in total. The van der Waals surface area contributed by atoms with E-state index in [0.717, 1.165) is 12.2 Å². The van der Waals surface area contributed by atoms with Gasteiger partial charge in [0.2, 0.25) is 0 Å². The second kappa shape index (κ2) is 5.97. The van der Waals surface area contributed by atoms with Gasteiger partial charge in [0.25, 0.3) is 0 Å². The van der Waals surface area contributed by atoms with Gasteiger partial charge in [0, 0.05) is 17.5 Å². The van der Waals surface area contributed by atoms with E-state index < -0.39 is 17.2 Å². The van der Waals surface area contributed by atoms with Gasteiger partial charge in [0.05, 0.1) is 0 Å². The molecule has 0 saturated heterocycles. The van der Waals surface area contributed by atoms with Crippen LogP contribution in [0, 0.1) is 0 Å². The van der Waals surface area contributed by atoms with Crippen molar-refractivity contribution in [3.8, 4) is 0 Å². The molecule has 2 rings (SSSR count). The molecule has 2 aromatic heterocycles. The van der Waals surface area contributed by atoms with Gasteiger partial charge < -0.3 is 9.73 Å². The fraction of sp³-hybridized carbons (Fsp3) is 0.462. The maximum atomic E-state index is 12.6. The molecule has 0 spiro atoms. The lowest BCUT2D eigenvalue weighted by atomic mass is 10.2. The van der Waals surface area contributed by atoms with E-state index in [1.165, 1.54) is 6.20 Å². The Morgan fingerprint density at radius 1 is 1.35 bits per heavy atom. The van der Waals surface area contributed by atoms with Crippen LogP contribution in [0.1, 0.15) is 41.3 Å². The van der Waals surface area contributed by atoms with Gasteiger partial charge in [0.15, 0.2) is 5.01 Å². The Labute approximate surface area is 118 Å². The molecule has 0 aliphatic heterocycles. The van der Waals surface area contributed by atoms with Crippen LogP contribution in [-0.2, 0) is 12.6 Å². The number of alkyl halides is 3. The molecule has 7 heteroatoms. The highest BCUT2D eigenvalue weighted by molar-refractivity contribution is 7.11. The van der Waals surface area contributed by atoms with Crippen molar-refractivity contribution in [2.45, 2.75) is 32.5 Å². The van der Waals surface area contributed by atoms with Crippen molar-refractivity contribution in [2.24, 2.45) is 0 Å². The number of aromatic nitrogens is 1. The zero-order chi connectivity index (χ0) is 14.8. The lowest BCUT2D eigenvalue weighted by Crippen LogP contribution is -2.20. The highest BCUT2D eigenvalue weighted by Crippen LogP contribution is 2.36. The van der Waals surface area contributed by atoms with Crippen molar-refractivity contribution in [1.82, 2.24) is 10.3 Å². The average molecular weight is 304 g/mol. The molecule has 0 aliphatic rings. The number of hydrogen-bond acceptors (Lipinski definition) is 4. The number of rotatable bonds is 5. The topological polar surface area (TPSA) is 38.1 Å². The largest absolute Gasteiger partial charge is 0.464 e. The molecule has 0 aliphatic carbocycles. The van der Waals surface area contributed by atoms with Crippen LogP contribution in [0.5, 0.6) is 0 Å². The minimum Gasteiger partial charge on any atom is -0.464 e. The van der Waals surface area contributed by atoms with Crippen LogP contribution < -0.4 is 5.32 Å². The van der Waals surface area contributed by atoms with E-state index in [0.29, 0.717) is 28.5 Å². The van der Waals surface area contributed by atoms with Crippen LogP contribution in [0.25, 0.3) is 0 Å². The van der Waals surface area contributed by atoms with Gasteiger partial charge in [-0.25, -0.2) is 4.98 Å². The van der Waals surface area contributed by atoms with E-state index in [-0.39, 0.29) is 0 Å². The summed E-state index contributed by atoms with van der Waals surface area (Å²) < 4.78 is 43.5. The standard InChI is InChI=1S/C13H15F3N2OS/c1-3-8-5-6-9(19-8)11(17-4-2)10-7-18-12(20-10)13(14,15)16/h5-7,11,17H,3-4H2,1-2H3. The van der Waals surface area contributed by atoms with Crippen molar-refractivity contribution >= 4 is 11.3 Å². The lowest BCUT2D eigenvalue weighted by Gasteiger charge is -2.13. The third kappa shape index (κ3) is 3.21. The Morgan fingerprint density at radius 2 is 2.10 bits per heavy atom. The first-order valence-electron chi connectivity index (χ1n) is 6.30. The van der Waals surface area contributed by atoms with Gasteiger partial charge >= 0.3 is 6.18 Å². The molecule has 1 N–H and O–H groups in total. The normalized spacial score (nSPS) is 13.7. The lowest BCUT2D eigenvalue weighted by molar-refractivity contribution is -0.137. The summed E-state index contributed by atoms with van der Waals surface area (Å²) in [6.45, 7) is 4.47. The third-order valence-electron chi connectivity index (χ3n) is 2.77. The van der Waals surface area contributed by atoms with Crippen LogP contribution in [0.2, 0.25) is 0 Å². The van der Waals surface area contributed by atoms with Crippen molar-refractivity contribution in [1.29, 1.82) is 0 Å². The zero-order valence-corrected chi connectivity index (χ0v) is 11.9. The van der Waals surface area contributed by atoms with Gasteiger partial charge in [0.1, 0.15) is 17.6 Å². The quantitative estimate of drug-likeness (QED) is 0.906. The summed E-state index contributed by atoms with van der Waals surface area (Å²) in [6.07, 6.45) is -2.40. The number of hydrogen-bond donors (Lipinski definition) is 1. The number of nitrogens with zero attached hydrogens (tertiary/aromatic N) is 1. The molecule has 2 aromatic rings. The highest BCUT2D eigenvalue weighted by Gasteiger charge is 2.35. The van der Waals surface area contributed by atoms with Gasteiger partial charge in [-0.3, -0.25) is 0 Å². The number of thiazole rings is 1. The van der Waals surface area contributed by atoms with Gasteiger partial charge in [-0.2, -0.15) is 13.2 Å². The Kier molecular flexibility index (Phi) is 4.49. The Hall–Kier alpha value is -1.34. The Bertz CT molecular complexity index is 562. The second-order valence-corrected chi connectivity index (χ2v) is 5.28. The SMILES string of the molecule is CCNC(c1ccc(CC)o1)c1cnc(C(F)(F)F)s1. The van der Waals surface area contributed by atoms with E-state index in [9.17, 15) is 13.2 Å². The van der Waals surface area contributed by atoms with Crippen LogP contribution in [0.4, 0.5) is 13.2 Å². The number of furan rings is 1. The van der Waals surface area contributed by atoms with Crippen molar-refractivity contribution in [2.75, 3.05) is 6.54 Å². The van der Waals surface area contributed by atoms with E-state index >= 15 is 0 Å². The van der Waals surface area contributed by atoms with Crippen LogP contribution in [-0.4, -0.2) is 11.5 Å². The van der Waals surface area contributed by atoms with Crippen molar-refractivity contribution in [3.63, 3.8) is 0 Å². The monoisotopic (exact) mass is 304 g/mol. The van der Waals surface area contributed by atoms with Gasteiger partial charge in [-0.15, -0.1) is 11.3 Å². The summed E-state index contributed by atoms with van der Waals surface area (Å²) in [5.41, 5.74) is 0. The number of nitrogens with one attached hydrogen (secondary N) is 1. The maximum Gasteiger partial charge on any atom is 0.443 e. The first kappa shape index (κ1) is 15.1. The molecule has 0 saturated carbocycles. The van der Waals surface area contributed by atoms with E-state index in [1.54, 1.807) is 6.07 Å². The molecule has 2 heterocycles. The first-order chi connectivity index (χ1) is 9.45. The minimum absolute atomic E-state index is 0.395. The first-order valence-corrected chi connectivity index (χ1v) is 7.12. The summed E-state index contributed by atoms with van der Waals surface area (Å²) in [5, 5.41) is 2.29. The average Bonchev–Trinajstić information content (AvgIpc) is 3.04. The number of halogens is 3. The molecule has 0 aromatic carbocycles. The summed E-state index contributed by atoms with van der Waals surface area (Å²) in [4.78, 5) is 3.95. The van der Waals surface area contributed by atoms with Crippen LogP contribution >= 0.6 is 11.3 Å². The fourth-order valence-electron chi connectivity index (χ4n) is 1.84. The Balaban J connectivity index is 2.30. The van der Waals surface area contributed by atoms with Gasteiger partial charge in [-0.05, 0) is 18.7 Å². The zero-order valence-electron chi connectivity index (χ0n) is 11.1. The molecule has 0 radical (unpaired) electrons. The van der Waals surface area contributed by atoms with E-state index in [4.69, 9.17) is 4.42 Å². The molecule has 20 heavy (non-hydrogen) atoms. The van der Waals surface area contributed by atoms with Gasteiger partial charge in [-0.1, -0.05) is 13.8 Å². The number of aryl methyl sites for hydroxylation is 1. The fourth-order valence-corrected chi connectivity index (χ4v) is 2.70. The maximum absolute atomic E-state index is 12.6. The smallest absolute Gasteiger partial charge is 0.443 e. The Morgan fingerprint density at radius 3 is 2.60 bits per heavy atom. The van der Waals surface area contributed by atoms with Crippen molar-refractivity contribution < 1.29 is 17.6 Å². The predicted molar refractivity (Wildman–Crippen MR) is 70.7 cm³/mol. The molecule has 0 amide bonds. The third-order valence-corrected chi connectivity index (χ3v) is 3.88. The predicted octanol–water partition coefficient (Wildman–Crippen LogP) is 4.02. The molecule has 1 atom stereocenters. The van der Waals surface area contributed by atoms with E-state index in [1.807, 2.05) is 19.9 Å². The molecule has 0 fully saturated rings. The molecular weight excluding hydrogens is 289 g/mol. The molecule has 1 unspecified atom stereocenters. The highest BCUT2D eigenvalue weighted by atomic mass is 32.1. The summed E-state index contributed by atoms with van der Waals surface area (Å²) in [6, 6.07) is 3.23. The molecule has 0 bridgehead atoms. The summed E-state index contributed by atoms with van der Waals surface area (Å²) in [7, 11) is 0. The van der Waals surface area contributed by atoms with E-state index in [2.05, 4.69) is 10.3 Å². The van der Waals surface area contributed by atoms with Crippen molar-refractivity contribution in [3.05, 3.63) is 39.7 Å².